The molecule has 3 rings (SSSR count). The molecule has 0 bridgehead atoms. The molecule has 7 heteroatoms. The minimum atomic E-state index is -3.58. The summed E-state index contributed by atoms with van der Waals surface area (Å²) in [5.74, 6) is 0.213. The third-order valence-electron chi connectivity index (χ3n) is 3.29. The second kappa shape index (κ2) is 4.75. The van der Waals surface area contributed by atoms with Crippen LogP contribution in [-0.2, 0) is 23.5 Å². The van der Waals surface area contributed by atoms with Crippen LogP contribution in [-0.4, -0.2) is 23.2 Å². The molecule has 0 radical (unpaired) electrons. The average Bonchev–Trinajstić information content (AvgIpc) is 2.83. The topological polar surface area (TPSA) is 76.9 Å². The molecule has 0 fully saturated rings. The highest BCUT2D eigenvalue weighted by Crippen LogP contribution is 2.27. The number of nitrogens with zero attached hydrogens (tertiary/aromatic N) is 3. The molecule has 1 N–H and O–H groups in total. The van der Waals surface area contributed by atoms with Crippen molar-refractivity contribution in [2.24, 2.45) is 7.05 Å². The van der Waals surface area contributed by atoms with Gasteiger partial charge in [0.05, 0.1) is 4.91 Å². The number of nitrogens with one attached hydrogen (secondary N) is 1. The van der Waals surface area contributed by atoms with Gasteiger partial charge >= 0.3 is 0 Å². The van der Waals surface area contributed by atoms with Crippen LogP contribution in [0.15, 0.2) is 35.5 Å². The summed E-state index contributed by atoms with van der Waals surface area (Å²) in [5, 5.41) is 7.39. The summed E-state index contributed by atoms with van der Waals surface area (Å²) in [6, 6.07) is 7.81. The van der Waals surface area contributed by atoms with E-state index in [9.17, 15) is 8.42 Å². The second-order valence-electron chi connectivity index (χ2n) is 4.68. The number of hydrogen-bond acceptors (Lipinski definition) is 4. The van der Waals surface area contributed by atoms with Crippen molar-refractivity contribution in [1.82, 2.24) is 14.8 Å². The van der Waals surface area contributed by atoms with E-state index in [2.05, 4.69) is 14.9 Å². The largest absolute Gasteiger partial charge is 0.302 e. The van der Waals surface area contributed by atoms with Gasteiger partial charge in [-0.25, -0.2) is 13.1 Å². The first-order valence-corrected chi connectivity index (χ1v) is 7.70. The van der Waals surface area contributed by atoms with Gasteiger partial charge in [0.25, 0.3) is 10.0 Å². The Morgan fingerprint density at radius 2 is 2.05 bits per heavy atom. The zero-order valence-electron chi connectivity index (χ0n) is 10.9. The number of hydrogen-bond donors (Lipinski definition) is 1. The lowest BCUT2D eigenvalue weighted by Crippen LogP contribution is -2.19. The molecule has 2 aromatic rings. The first-order valence-electron chi connectivity index (χ1n) is 6.21. The van der Waals surface area contributed by atoms with Crippen molar-refractivity contribution in [2.45, 2.75) is 12.8 Å². The number of aryl methyl sites for hydroxylation is 2. The molecule has 6 nitrogen and oxygen atoms in total. The van der Waals surface area contributed by atoms with E-state index in [4.69, 9.17) is 0 Å². The molecule has 0 saturated carbocycles. The van der Waals surface area contributed by atoms with Crippen LogP contribution in [0, 0.1) is 0 Å². The molecule has 0 atom stereocenters. The van der Waals surface area contributed by atoms with Crippen molar-refractivity contribution in [2.75, 3.05) is 4.72 Å². The Hall–Kier alpha value is -2.15. The third-order valence-corrected chi connectivity index (χ3v) is 4.76. The number of fused-ring (bicyclic) bond motifs is 1. The molecule has 1 aromatic carbocycles. The quantitative estimate of drug-likeness (QED) is 0.930. The summed E-state index contributed by atoms with van der Waals surface area (Å²) >= 11 is 0. The Kier molecular flexibility index (Phi) is 3.06. The van der Waals surface area contributed by atoms with E-state index in [1.165, 1.54) is 16.5 Å². The van der Waals surface area contributed by atoms with E-state index in [1.807, 2.05) is 24.3 Å². The lowest BCUT2D eigenvalue weighted by molar-refractivity contribution is 0.604. The predicted molar refractivity (Wildman–Crippen MR) is 76.3 cm³/mol. The third kappa shape index (κ3) is 2.32. The number of anilines is 1. The zero-order chi connectivity index (χ0) is 14.2. The second-order valence-corrected chi connectivity index (χ2v) is 6.42. The highest BCUT2D eigenvalue weighted by molar-refractivity contribution is 7.96. The molecule has 0 saturated heterocycles. The van der Waals surface area contributed by atoms with Gasteiger partial charge in [-0.15, -0.1) is 10.2 Å². The fraction of sp³-hybridized carbons (Fsp3) is 0.231. The van der Waals surface area contributed by atoms with Crippen LogP contribution in [0.2, 0.25) is 0 Å². The molecule has 0 unspecified atom stereocenters. The van der Waals surface area contributed by atoms with Gasteiger partial charge in [-0.1, -0.05) is 24.3 Å². The first kappa shape index (κ1) is 12.9. The zero-order valence-corrected chi connectivity index (χ0v) is 11.8. The highest BCUT2D eigenvalue weighted by Gasteiger charge is 2.23. The van der Waals surface area contributed by atoms with E-state index >= 15 is 0 Å². The van der Waals surface area contributed by atoms with Gasteiger partial charge in [0.15, 0.2) is 0 Å². The van der Waals surface area contributed by atoms with Crippen molar-refractivity contribution < 1.29 is 8.42 Å². The van der Waals surface area contributed by atoms with Crippen LogP contribution >= 0.6 is 0 Å². The lowest BCUT2D eigenvalue weighted by atomic mass is 9.98. The lowest BCUT2D eigenvalue weighted by Gasteiger charge is -2.16. The van der Waals surface area contributed by atoms with Gasteiger partial charge in [0.2, 0.25) is 5.95 Å². The van der Waals surface area contributed by atoms with Crippen molar-refractivity contribution in [3.8, 4) is 0 Å². The van der Waals surface area contributed by atoms with E-state index in [-0.39, 0.29) is 5.95 Å². The number of benzene rings is 1. The maximum Gasteiger partial charge on any atom is 0.260 e. The van der Waals surface area contributed by atoms with Crippen molar-refractivity contribution in [3.05, 3.63) is 46.6 Å². The van der Waals surface area contributed by atoms with E-state index in [1.54, 1.807) is 13.1 Å². The summed E-state index contributed by atoms with van der Waals surface area (Å²) in [6.07, 6.45) is 4.38. The number of allylic oxidation sites excluding steroid dienone is 1. The average molecular weight is 290 g/mol. The SMILES string of the molecule is Cn1cnnc1NS(=O)(=O)C1=Cc2ccccc2CC1. The van der Waals surface area contributed by atoms with Gasteiger partial charge in [0.1, 0.15) is 6.33 Å². The minimum absolute atomic E-state index is 0.213. The van der Waals surface area contributed by atoms with E-state index in [0.29, 0.717) is 11.3 Å². The molecule has 0 aliphatic heterocycles. The van der Waals surface area contributed by atoms with Crippen LogP contribution < -0.4 is 4.72 Å². The normalized spacial score (nSPS) is 14.6. The van der Waals surface area contributed by atoms with Gasteiger partial charge < -0.3 is 4.57 Å². The highest BCUT2D eigenvalue weighted by atomic mass is 32.2. The van der Waals surface area contributed by atoms with Gasteiger partial charge in [-0.2, -0.15) is 0 Å². The smallest absolute Gasteiger partial charge is 0.260 e. The maximum atomic E-state index is 12.4. The Balaban J connectivity index is 1.93. The molecular formula is C13H14N4O2S. The molecule has 0 amide bonds. The van der Waals surface area contributed by atoms with Crippen LogP contribution in [0.3, 0.4) is 0 Å². The van der Waals surface area contributed by atoms with Crippen LogP contribution in [0.25, 0.3) is 6.08 Å². The van der Waals surface area contributed by atoms with Crippen molar-refractivity contribution in [1.29, 1.82) is 0 Å². The predicted octanol–water partition coefficient (Wildman–Crippen LogP) is 1.54. The summed E-state index contributed by atoms with van der Waals surface area (Å²) in [4.78, 5) is 0.374. The summed E-state index contributed by atoms with van der Waals surface area (Å²) in [5.41, 5.74) is 2.13. The molecule has 0 spiro atoms. The number of sulfonamides is 1. The number of rotatable bonds is 3. The molecule has 1 heterocycles. The Morgan fingerprint density at radius 1 is 1.25 bits per heavy atom. The van der Waals surface area contributed by atoms with Gasteiger partial charge in [-0.05, 0) is 30.0 Å². The maximum absolute atomic E-state index is 12.4. The molecular weight excluding hydrogens is 276 g/mol. The molecule has 104 valence electrons. The monoisotopic (exact) mass is 290 g/mol. The van der Waals surface area contributed by atoms with Crippen molar-refractivity contribution >= 4 is 22.0 Å². The Morgan fingerprint density at radius 3 is 2.80 bits per heavy atom. The van der Waals surface area contributed by atoms with Crippen LogP contribution in [0.1, 0.15) is 17.5 Å². The summed E-state index contributed by atoms with van der Waals surface area (Å²) < 4.78 is 28.7. The first-order chi connectivity index (χ1) is 9.56. The van der Waals surface area contributed by atoms with E-state index < -0.39 is 10.0 Å². The standard InChI is InChI=1S/C13H14N4O2S/c1-17-9-14-15-13(17)16-20(18,19)12-7-6-10-4-2-3-5-11(10)8-12/h2-5,8-9H,6-7H2,1H3,(H,15,16). The molecule has 1 aromatic heterocycles. The Labute approximate surface area is 117 Å². The molecule has 1 aliphatic rings. The van der Waals surface area contributed by atoms with Crippen LogP contribution in [0.5, 0.6) is 0 Å². The summed E-state index contributed by atoms with van der Waals surface area (Å²) in [6.45, 7) is 0. The van der Waals surface area contributed by atoms with Gasteiger partial charge in [0, 0.05) is 7.05 Å². The van der Waals surface area contributed by atoms with E-state index in [0.717, 1.165) is 12.0 Å². The number of aromatic nitrogens is 3. The minimum Gasteiger partial charge on any atom is -0.302 e. The van der Waals surface area contributed by atoms with Crippen LogP contribution in [0.4, 0.5) is 5.95 Å². The Bertz CT molecular complexity index is 777. The summed E-state index contributed by atoms with van der Waals surface area (Å²) in [7, 11) is -1.90. The van der Waals surface area contributed by atoms with Crippen molar-refractivity contribution in [3.63, 3.8) is 0 Å². The fourth-order valence-corrected chi connectivity index (χ4v) is 3.39. The van der Waals surface area contributed by atoms with Gasteiger partial charge in [-0.3, -0.25) is 0 Å². The fourth-order valence-electron chi connectivity index (χ4n) is 2.18. The molecule has 20 heavy (non-hydrogen) atoms. The molecule has 1 aliphatic carbocycles.